The second-order valence-electron chi connectivity index (χ2n) is 10.1. The number of fused-ring (bicyclic) bond motifs is 3. The Bertz CT molecular complexity index is 1890. The van der Waals surface area contributed by atoms with Gasteiger partial charge in [-0.15, -0.1) is 0 Å². The number of anilines is 5. The molecule has 0 aliphatic rings. The Morgan fingerprint density at radius 1 is 0.357 bits per heavy atom. The van der Waals surface area contributed by atoms with Crippen LogP contribution in [0.1, 0.15) is 5.56 Å². The van der Waals surface area contributed by atoms with Crippen LogP contribution >= 0.6 is 0 Å². The minimum absolute atomic E-state index is 0.995. The van der Waals surface area contributed by atoms with Crippen LogP contribution in [-0.2, 0) is 0 Å². The van der Waals surface area contributed by atoms with Gasteiger partial charge in [-0.3, -0.25) is 0 Å². The number of para-hydroxylation sites is 4. The summed E-state index contributed by atoms with van der Waals surface area (Å²) in [5.74, 6) is 0. The predicted octanol–water partition coefficient (Wildman–Crippen LogP) is 10.6. The van der Waals surface area contributed by atoms with Crippen molar-refractivity contribution in [2.24, 2.45) is 5.10 Å². The number of rotatable bonds is 7. The van der Waals surface area contributed by atoms with E-state index in [0.29, 0.717) is 0 Å². The molecular formula is C39H29N3. The molecule has 7 rings (SSSR count). The Balaban J connectivity index is 1.55. The van der Waals surface area contributed by atoms with E-state index < -0.39 is 0 Å². The van der Waals surface area contributed by atoms with Gasteiger partial charge in [-0.1, -0.05) is 121 Å². The predicted molar refractivity (Wildman–Crippen MR) is 179 cm³/mol. The second-order valence-corrected chi connectivity index (χ2v) is 10.1. The summed E-state index contributed by atoms with van der Waals surface area (Å²) in [5, 5.41) is 11.9. The fraction of sp³-hybridized carbons (Fsp3) is 0. The van der Waals surface area contributed by atoms with Crippen molar-refractivity contribution in [3.63, 3.8) is 0 Å². The van der Waals surface area contributed by atoms with Crippen molar-refractivity contribution in [2.45, 2.75) is 0 Å². The van der Waals surface area contributed by atoms with Crippen LogP contribution in [0, 0.1) is 0 Å². The molecule has 42 heavy (non-hydrogen) atoms. The molecule has 0 saturated heterocycles. The number of hydrazone groups is 1. The smallest absolute Gasteiger partial charge is 0.0652 e. The molecule has 0 radical (unpaired) electrons. The molecule has 0 aliphatic heterocycles. The summed E-state index contributed by atoms with van der Waals surface area (Å²) in [6.07, 6.45) is 2.03. The van der Waals surface area contributed by atoms with E-state index in [-0.39, 0.29) is 0 Å². The average Bonchev–Trinajstić information content (AvgIpc) is 3.08. The first kappa shape index (κ1) is 25.3. The van der Waals surface area contributed by atoms with Crippen molar-refractivity contribution in [3.05, 3.63) is 175 Å². The lowest BCUT2D eigenvalue weighted by molar-refractivity contribution is 1.09. The first-order valence-electron chi connectivity index (χ1n) is 14.2. The maximum absolute atomic E-state index is 5.20. The van der Waals surface area contributed by atoms with Crippen LogP contribution < -0.4 is 9.91 Å². The van der Waals surface area contributed by atoms with Crippen LogP contribution in [0.5, 0.6) is 0 Å². The van der Waals surface area contributed by atoms with Gasteiger partial charge in [0.15, 0.2) is 0 Å². The van der Waals surface area contributed by atoms with Gasteiger partial charge in [0, 0.05) is 22.3 Å². The molecule has 0 spiro atoms. The van der Waals surface area contributed by atoms with Crippen molar-refractivity contribution in [3.8, 4) is 0 Å². The van der Waals surface area contributed by atoms with Gasteiger partial charge >= 0.3 is 0 Å². The van der Waals surface area contributed by atoms with Crippen LogP contribution in [0.2, 0.25) is 0 Å². The molecule has 0 atom stereocenters. The summed E-state index contributed by atoms with van der Waals surface area (Å²) >= 11 is 0. The number of nitrogens with zero attached hydrogens (tertiary/aromatic N) is 3. The van der Waals surface area contributed by atoms with Crippen molar-refractivity contribution < 1.29 is 0 Å². The Labute approximate surface area is 246 Å². The maximum atomic E-state index is 5.20. The highest BCUT2D eigenvalue weighted by atomic mass is 15.5. The number of hydrogen-bond acceptors (Lipinski definition) is 3. The largest absolute Gasteiger partial charge is 0.309 e. The van der Waals surface area contributed by atoms with E-state index >= 15 is 0 Å². The van der Waals surface area contributed by atoms with E-state index in [2.05, 4.69) is 138 Å². The SMILES string of the molecule is C(=NN(c1ccccc1)c1ccccc1)c1c(N(c2ccccc2)c2ccccc2)c2ccccc2c2ccccc12. The summed E-state index contributed by atoms with van der Waals surface area (Å²) in [7, 11) is 0. The maximum Gasteiger partial charge on any atom is 0.0652 e. The second kappa shape index (κ2) is 11.4. The molecule has 7 aromatic rings. The highest BCUT2D eigenvalue weighted by Gasteiger charge is 2.22. The molecule has 0 heterocycles. The molecular weight excluding hydrogens is 510 g/mol. The molecule has 3 heteroatoms. The van der Waals surface area contributed by atoms with E-state index in [9.17, 15) is 0 Å². The van der Waals surface area contributed by atoms with E-state index in [1.165, 1.54) is 10.8 Å². The third-order valence-electron chi connectivity index (χ3n) is 7.50. The highest BCUT2D eigenvalue weighted by Crippen LogP contribution is 2.44. The summed E-state index contributed by atoms with van der Waals surface area (Å²) in [4.78, 5) is 2.35. The zero-order valence-electron chi connectivity index (χ0n) is 23.1. The molecule has 0 saturated carbocycles. The van der Waals surface area contributed by atoms with Gasteiger partial charge in [0.1, 0.15) is 0 Å². The Morgan fingerprint density at radius 3 is 1.19 bits per heavy atom. The molecule has 3 nitrogen and oxygen atoms in total. The minimum Gasteiger partial charge on any atom is -0.309 e. The first-order valence-corrected chi connectivity index (χ1v) is 14.2. The van der Waals surface area contributed by atoms with Crippen LogP contribution in [0.4, 0.5) is 28.4 Å². The molecule has 0 N–H and O–H groups in total. The molecule has 0 aliphatic carbocycles. The molecule has 200 valence electrons. The average molecular weight is 540 g/mol. The molecule has 0 bridgehead atoms. The normalized spacial score (nSPS) is 11.2. The summed E-state index contributed by atoms with van der Waals surface area (Å²) < 4.78 is 0. The Morgan fingerprint density at radius 2 is 0.714 bits per heavy atom. The fourth-order valence-corrected chi connectivity index (χ4v) is 5.62. The van der Waals surface area contributed by atoms with Gasteiger partial charge in [0.05, 0.1) is 23.3 Å². The number of hydrogen-bond donors (Lipinski definition) is 0. The van der Waals surface area contributed by atoms with E-state index in [1.807, 2.05) is 47.6 Å². The third-order valence-corrected chi connectivity index (χ3v) is 7.50. The lowest BCUT2D eigenvalue weighted by Crippen LogP contribution is -2.14. The van der Waals surface area contributed by atoms with Crippen LogP contribution in [0.25, 0.3) is 21.5 Å². The zero-order valence-corrected chi connectivity index (χ0v) is 23.1. The fourth-order valence-electron chi connectivity index (χ4n) is 5.62. The van der Waals surface area contributed by atoms with E-state index in [4.69, 9.17) is 5.10 Å². The summed E-state index contributed by atoms with van der Waals surface area (Å²) in [5.41, 5.74) is 6.30. The summed E-state index contributed by atoms with van der Waals surface area (Å²) in [6.45, 7) is 0. The molecule has 0 aromatic heterocycles. The lowest BCUT2D eigenvalue weighted by atomic mass is 9.94. The van der Waals surface area contributed by atoms with Gasteiger partial charge in [-0.25, -0.2) is 5.01 Å². The van der Waals surface area contributed by atoms with Crippen molar-refractivity contribution in [2.75, 3.05) is 9.91 Å². The topological polar surface area (TPSA) is 18.8 Å². The van der Waals surface area contributed by atoms with Gasteiger partial charge in [0.25, 0.3) is 0 Å². The van der Waals surface area contributed by atoms with E-state index in [0.717, 1.165) is 44.8 Å². The molecule has 0 fully saturated rings. The Kier molecular flexibility index (Phi) is 6.89. The first-order chi connectivity index (χ1) is 20.9. The molecule has 0 unspecified atom stereocenters. The standard InChI is InChI=1S/C39H29N3/c1-5-17-30(18-6-1)41(31-19-7-2-8-20-31)39-37-28-16-15-26-35(37)34-25-13-14-27-36(34)38(39)29-40-42(32-21-9-3-10-22-32)33-23-11-4-12-24-33/h1-29H. The monoisotopic (exact) mass is 539 g/mol. The highest BCUT2D eigenvalue weighted by molar-refractivity contribution is 6.22. The van der Waals surface area contributed by atoms with Crippen molar-refractivity contribution in [1.82, 2.24) is 0 Å². The van der Waals surface area contributed by atoms with E-state index in [1.54, 1.807) is 0 Å². The zero-order chi connectivity index (χ0) is 28.1. The van der Waals surface area contributed by atoms with Gasteiger partial charge < -0.3 is 4.90 Å². The van der Waals surface area contributed by atoms with Crippen molar-refractivity contribution in [1.29, 1.82) is 0 Å². The molecule has 7 aromatic carbocycles. The van der Waals surface area contributed by atoms with Gasteiger partial charge in [-0.05, 0) is 64.7 Å². The van der Waals surface area contributed by atoms with Gasteiger partial charge in [0.2, 0.25) is 0 Å². The lowest BCUT2D eigenvalue weighted by Gasteiger charge is -2.29. The van der Waals surface area contributed by atoms with Crippen LogP contribution in [0.3, 0.4) is 0 Å². The van der Waals surface area contributed by atoms with Crippen LogP contribution in [0.15, 0.2) is 175 Å². The quantitative estimate of drug-likeness (QED) is 0.114. The third kappa shape index (κ3) is 4.78. The van der Waals surface area contributed by atoms with Crippen LogP contribution in [-0.4, -0.2) is 6.21 Å². The minimum atomic E-state index is 0.995. The molecule has 0 amide bonds. The Hall–Kier alpha value is -5.67. The summed E-state index contributed by atoms with van der Waals surface area (Å²) in [6, 6.07) is 59.1. The number of benzene rings is 7. The van der Waals surface area contributed by atoms with Gasteiger partial charge in [-0.2, -0.15) is 5.10 Å². The van der Waals surface area contributed by atoms with Crippen molar-refractivity contribution >= 4 is 56.2 Å².